The Labute approximate surface area is 119 Å². The van der Waals surface area contributed by atoms with Crippen LogP contribution in [0.5, 0.6) is 0 Å². The smallest absolute Gasteiger partial charge is 1.00 e. The SMILES string of the molecule is C[SiH](C)[c-]1cccc1CCO.[Cl-].[Cl-].[Zr+3]. The average molecular weight is 329 g/mol. The number of hydrogen-bond donors (Lipinski definition) is 1. The summed E-state index contributed by atoms with van der Waals surface area (Å²) in [6, 6.07) is 6.41. The van der Waals surface area contributed by atoms with E-state index in [4.69, 9.17) is 5.11 Å². The third kappa shape index (κ3) is 5.77. The maximum atomic E-state index is 8.76. The van der Waals surface area contributed by atoms with Crippen LogP contribution in [0.1, 0.15) is 5.56 Å². The number of halogens is 2. The number of aliphatic hydroxyl groups excluding tert-OH is 1. The van der Waals surface area contributed by atoms with Crippen molar-refractivity contribution in [3.63, 3.8) is 0 Å². The summed E-state index contributed by atoms with van der Waals surface area (Å²) in [4.78, 5) is 0. The van der Waals surface area contributed by atoms with Crippen LogP contribution in [0, 0.1) is 0 Å². The predicted molar refractivity (Wildman–Crippen MR) is 51.3 cm³/mol. The molecule has 0 fully saturated rings. The largest absolute Gasteiger partial charge is 3.00 e. The summed E-state index contributed by atoms with van der Waals surface area (Å²) in [5.74, 6) is 0. The van der Waals surface area contributed by atoms with Gasteiger partial charge in [-0.25, -0.2) is 12.1 Å². The van der Waals surface area contributed by atoms with Crippen LogP contribution in [0.3, 0.4) is 0 Å². The second kappa shape index (κ2) is 10.5. The van der Waals surface area contributed by atoms with Gasteiger partial charge in [-0.1, -0.05) is 13.1 Å². The van der Waals surface area contributed by atoms with E-state index < -0.39 is 8.80 Å². The van der Waals surface area contributed by atoms with E-state index in [0.717, 1.165) is 6.42 Å². The minimum Gasteiger partial charge on any atom is -1.00 e. The number of hydrogen-bond acceptors (Lipinski definition) is 1. The van der Waals surface area contributed by atoms with Gasteiger partial charge in [-0.3, -0.25) is 0 Å². The molecular formula is C9H15Cl2OSiZr. The topological polar surface area (TPSA) is 20.2 Å². The average Bonchev–Trinajstić information content (AvgIpc) is 2.36. The molecule has 5 heteroatoms. The first-order valence-corrected chi connectivity index (χ1v) is 6.99. The predicted octanol–water partition coefficient (Wildman–Crippen LogP) is -5.36. The molecule has 14 heavy (non-hydrogen) atoms. The molecule has 0 atom stereocenters. The van der Waals surface area contributed by atoms with Crippen LogP contribution in [0.25, 0.3) is 0 Å². The number of aliphatic hydroxyl groups is 1. The Morgan fingerprint density at radius 1 is 1.36 bits per heavy atom. The molecule has 0 aliphatic heterocycles. The fraction of sp³-hybridized carbons (Fsp3) is 0.444. The second-order valence-corrected chi connectivity index (χ2v) is 6.07. The molecule has 0 unspecified atom stereocenters. The fourth-order valence-electron chi connectivity index (χ4n) is 1.38. The normalized spacial score (nSPS) is 8.57. The third-order valence-electron chi connectivity index (χ3n) is 1.95. The van der Waals surface area contributed by atoms with E-state index in [1.54, 1.807) is 0 Å². The Bertz CT molecular complexity index is 228. The van der Waals surface area contributed by atoms with Crippen LogP contribution < -0.4 is 30.0 Å². The van der Waals surface area contributed by atoms with Gasteiger partial charge in [0, 0.05) is 15.4 Å². The number of rotatable bonds is 3. The van der Waals surface area contributed by atoms with Crippen molar-refractivity contribution in [2.45, 2.75) is 19.5 Å². The maximum absolute atomic E-state index is 8.76. The van der Waals surface area contributed by atoms with Gasteiger partial charge >= 0.3 is 26.2 Å². The van der Waals surface area contributed by atoms with E-state index in [1.165, 1.54) is 10.8 Å². The first-order chi connectivity index (χ1) is 5.25. The molecule has 0 aliphatic carbocycles. The molecule has 0 amide bonds. The van der Waals surface area contributed by atoms with E-state index in [2.05, 4.69) is 31.3 Å². The summed E-state index contributed by atoms with van der Waals surface area (Å²) in [5, 5.41) is 10.3. The van der Waals surface area contributed by atoms with Gasteiger partial charge in [0.15, 0.2) is 0 Å². The van der Waals surface area contributed by atoms with Crippen molar-refractivity contribution < 1.29 is 56.1 Å². The van der Waals surface area contributed by atoms with Crippen molar-refractivity contribution in [3.8, 4) is 0 Å². The molecule has 0 spiro atoms. The Kier molecular flexibility index (Phi) is 15.3. The molecule has 1 nitrogen and oxygen atoms in total. The molecule has 0 aromatic heterocycles. The van der Waals surface area contributed by atoms with E-state index in [1.807, 2.05) is 0 Å². The quantitative estimate of drug-likeness (QED) is 0.434. The molecular weight excluding hydrogens is 314 g/mol. The maximum Gasteiger partial charge on any atom is 3.00 e. The van der Waals surface area contributed by atoms with E-state index >= 15 is 0 Å². The molecule has 0 heterocycles. The van der Waals surface area contributed by atoms with Gasteiger partial charge < -0.3 is 29.9 Å². The molecule has 1 aromatic rings. The second-order valence-electron chi connectivity index (χ2n) is 3.13. The summed E-state index contributed by atoms with van der Waals surface area (Å²) in [7, 11) is -0.662. The van der Waals surface area contributed by atoms with Gasteiger partial charge in [-0.15, -0.1) is 0 Å². The molecule has 1 aromatic carbocycles. The Morgan fingerprint density at radius 2 is 1.93 bits per heavy atom. The first-order valence-electron chi connectivity index (χ1n) is 4.11. The van der Waals surface area contributed by atoms with Crippen LogP contribution >= 0.6 is 0 Å². The Balaban J connectivity index is -0.000000403. The third-order valence-corrected chi connectivity index (χ3v) is 3.75. The fourth-order valence-corrected chi connectivity index (χ4v) is 2.86. The monoisotopic (exact) mass is 327 g/mol. The Morgan fingerprint density at radius 3 is 2.36 bits per heavy atom. The molecule has 0 aliphatic rings. The standard InChI is InChI=1S/C9H15OSi.2ClH.Zr/c1-11(2)9-5-3-4-8(9)6-7-10;;;/h3-5,10-11H,6-7H2,1-2H3;2*1H;/q-1;;;+3/p-2. The minimum absolute atomic E-state index is 0. The van der Waals surface area contributed by atoms with Crippen molar-refractivity contribution in [2.24, 2.45) is 0 Å². The summed E-state index contributed by atoms with van der Waals surface area (Å²) < 4.78 is 0. The Hall–Kier alpha value is 0.990. The van der Waals surface area contributed by atoms with Gasteiger partial charge in [-0.05, 0) is 6.42 Å². The van der Waals surface area contributed by atoms with Crippen LogP contribution in [0.2, 0.25) is 13.1 Å². The summed E-state index contributed by atoms with van der Waals surface area (Å²) in [6.07, 6.45) is 0.827. The summed E-state index contributed by atoms with van der Waals surface area (Å²) in [6.45, 7) is 4.91. The molecule has 0 saturated carbocycles. The van der Waals surface area contributed by atoms with E-state index in [-0.39, 0.29) is 57.6 Å². The van der Waals surface area contributed by atoms with E-state index in [9.17, 15) is 0 Å². The van der Waals surface area contributed by atoms with Gasteiger partial charge in [-0.2, -0.15) is 16.8 Å². The van der Waals surface area contributed by atoms with Gasteiger partial charge in [0.1, 0.15) is 0 Å². The zero-order valence-corrected chi connectivity index (χ0v) is 13.6. The molecule has 1 radical (unpaired) electrons. The van der Waals surface area contributed by atoms with Crippen LogP contribution in [-0.4, -0.2) is 20.5 Å². The van der Waals surface area contributed by atoms with Crippen molar-refractivity contribution in [2.75, 3.05) is 6.61 Å². The zero-order valence-electron chi connectivity index (χ0n) is 8.43. The molecule has 0 bridgehead atoms. The van der Waals surface area contributed by atoms with Crippen LogP contribution in [0.15, 0.2) is 18.2 Å². The molecule has 1 N–H and O–H groups in total. The van der Waals surface area contributed by atoms with Crippen molar-refractivity contribution >= 4 is 14.0 Å². The van der Waals surface area contributed by atoms with E-state index in [0.29, 0.717) is 0 Å². The summed E-state index contributed by atoms with van der Waals surface area (Å²) >= 11 is 0. The minimum atomic E-state index is -0.662. The van der Waals surface area contributed by atoms with Gasteiger partial charge in [0.2, 0.25) is 0 Å². The molecule has 1 rings (SSSR count). The first kappa shape index (κ1) is 20.4. The molecule has 79 valence electrons. The molecule has 0 saturated heterocycles. The summed E-state index contributed by atoms with van der Waals surface area (Å²) in [5.41, 5.74) is 1.36. The van der Waals surface area contributed by atoms with Gasteiger partial charge in [0.05, 0.1) is 0 Å². The zero-order chi connectivity index (χ0) is 8.27. The van der Waals surface area contributed by atoms with Crippen LogP contribution in [-0.2, 0) is 32.6 Å². The van der Waals surface area contributed by atoms with Gasteiger partial charge in [0.25, 0.3) is 0 Å². The van der Waals surface area contributed by atoms with Crippen molar-refractivity contribution in [3.05, 3.63) is 23.8 Å². The van der Waals surface area contributed by atoms with Crippen molar-refractivity contribution in [1.82, 2.24) is 0 Å². The van der Waals surface area contributed by atoms with Crippen molar-refractivity contribution in [1.29, 1.82) is 0 Å². The van der Waals surface area contributed by atoms with Crippen LogP contribution in [0.4, 0.5) is 0 Å².